The summed E-state index contributed by atoms with van der Waals surface area (Å²) in [5, 5.41) is 14.8. The lowest BCUT2D eigenvalue weighted by Gasteiger charge is -2.24. The number of hydrogen-bond donors (Lipinski definition) is 3. The summed E-state index contributed by atoms with van der Waals surface area (Å²) in [6.07, 6.45) is 2.60. The number of benzene rings is 1. The van der Waals surface area contributed by atoms with E-state index in [0.29, 0.717) is 37.6 Å². The molecule has 2 unspecified atom stereocenters. The molecule has 168 valence electrons. The van der Waals surface area contributed by atoms with E-state index in [4.69, 9.17) is 0 Å². The van der Waals surface area contributed by atoms with Crippen LogP contribution in [-0.4, -0.2) is 63.2 Å². The van der Waals surface area contributed by atoms with Gasteiger partial charge in [-0.3, -0.25) is 9.69 Å². The van der Waals surface area contributed by atoms with Gasteiger partial charge in [0.25, 0.3) is 0 Å². The van der Waals surface area contributed by atoms with Crippen LogP contribution in [0.2, 0.25) is 0 Å². The highest BCUT2D eigenvalue weighted by molar-refractivity contribution is 7.98. The molecular weight excluding hydrogens is 418 g/mol. The SMILES string of the molecule is CSCCC(NC(=O)C(CC(C)C)NC(=O)N1CCn2c1nc1ccccc12)C(=O)O. The summed E-state index contributed by atoms with van der Waals surface area (Å²) in [5.41, 5.74) is 1.77. The van der Waals surface area contributed by atoms with Gasteiger partial charge in [-0.2, -0.15) is 11.8 Å². The van der Waals surface area contributed by atoms with Crippen LogP contribution in [0.1, 0.15) is 26.7 Å². The summed E-state index contributed by atoms with van der Waals surface area (Å²) in [4.78, 5) is 43.5. The molecule has 0 saturated heterocycles. The Morgan fingerprint density at radius 3 is 2.58 bits per heavy atom. The minimum Gasteiger partial charge on any atom is -0.480 e. The van der Waals surface area contributed by atoms with E-state index in [9.17, 15) is 19.5 Å². The Morgan fingerprint density at radius 1 is 1.16 bits per heavy atom. The number of aromatic nitrogens is 2. The summed E-state index contributed by atoms with van der Waals surface area (Å²) < 4.78 is 1.98. The van der Waals surface area contributed by atoms with Crippen LogP contribution in [0, 0.1) is 5.92 Å². The number of amides is 3. The fourth-order valence-electron chi connectivity index (χ4n) is 3.68. The van der Waals surface area contributed by atoms with Gasteiger partial charge in [0, 0.05) is 13.1 Å². The van der Waals surface area contributed by atoms with Crippen molar-refractivity contribution in [3.8, 4) is 0 Å². The lowest BCUT2D eigenvalue weighted by Crippen LogP contribution is -2.54. The maximum Gasteiger partial charge on any atom is 0.326 e. The lowest BCUT2D eigenvalue weighted by atomic mass is 10.0. The van der Waals surface area contributed by atoms with Crippen molar-refractivity contribution in [1.29, 1.82) is 0 Å². The zero-order valence-electron chi connectivity index (χ0n) is 18.0. The highest BCUT2D eigenvalue weighted by atomic mass is 32.2. The van der Waals surface area contributed by atoms with Gasteiger partial charge in [0.1, 0.15) is 12.1 Å². The monoisotopic (exact) mass is 447 g/mol. The lowest BCUT2D eigenvalue weighted by molar-refractivity contribution is -0.142. The number of carboxylic acid groups (broad SMARTS) is 1. The first-order valence-corrected chi connectivity index (χ1v) is 11.8. The molecule has 2 heterocycles. The Morgan fingerprint density at radius 2 is 1.90 bits per heavy atom. The van der Waals surface area contributed by atoms with Crippen LogP contribution in [0.3, 0.4) is 0 Å². The van der Waals surface area contributed by atoms with Crippen molar-refractivity contribution in [1.82, 2.24) is 20.2 Å². The number of hydrogen-bond acceptors (Lipinski definition) is 5. The van der Waals surface area contributed by atoms with Gasteiger partial charge in [0.05, 0.1) is 11.0 Å². The Labute approximate surface area is 185 Å². The molecule has 2 aromatic rings. The first kappa shape index (κ1) is 22.9. The quantitative estimate of drug-likeness (QED) is 0.543. The van der Waals surface area contributed by atoms with Crippen molar-refractivity contribution in [3.63, 3.8) is 0 Å². The summed E-state index contributed by atoms with van der Waals surface area (Å²) >= 11 is 1.52. The predicted molar refractivity (Wildman–Crippen MR) is 121 cm³/mol. The molecule has 0 radical (unpaired) electrons. The minimum absolute atomic E-state index is 0.133. The number of nitrogens with one attached hydrogen (secondary N) is 2. The van der Waals surface area contributed by atoms with E-state index in [1.807, 2.05) is 48.9 Å². The summed E-state index contributed by atoms with van der Waals surface area (Å²) in [6, 6.07) is 5.46. The molecule has 0 aliphatic carbocycles. The number of nitrogens with zero attached hydrogens (tertiary/aromatic N) is 3. The molecular formula is C21H29N5O4S. The Kier molecular flexibility index (Phi) is 7.42. The third-order valence-electron chi connectivity index (χ3n) is 5.21. The highest BCUT2D eigenvalue weighted by Gasteiger charge is 2.32. The molecule has 1 aliphatic rings. The summed E-state index contributed by atoms with van der Waals surface area (Å²) in [6.45, 7) is 4.98. The van der Waals surface area contributed by atoms with Crippen molar-refractivity contribution in [2.24, 2.45) is 5.92 Å². The number of urea groups is 1. The number of para-hydroxylation sites is 2. The van der Waals surface area contributed by atoms with Crippen molar-refractivity contribution in [3.05, 3.63) is 24.3 Å². The van der Waals surface area contributed by atoms with Gasteiger partial charge in [-0.25, -0.2) is 14.6 Å². The van der Waals surface area contributed by atoms with Gasteiger partial charge < -0.3 is 20.3 Å². The van der Waals surface area contributed by atoms with E-state index in [2.05, 4.69) is 15.6 Å². The van der Waals surface area contributed by atoms with Gasteiger partial charge in [0.2, 0.25) is 11.9 Å². The molecule has 0 spiro atoms. The molecule has 1 aromatic heterocycles. The fourth-order valence-corrected chi connectivity index (χ4v) is 4.15. The van der Waals surface area contributed by atoms with Crippen LogP contribution in [0.15, 0.2) is 24.3 Å². The van der Waals surface area contributed by atoms with Crippen LogP contribution >= 0.6 is 11.8 Å². The molecule has 9 nitrogen and oxygen atoms in total. The number of carboxylic acids is 1. The van der Waals surface area contributed by atoms with E-state index < -0.39 is 30.0 Å². The first-order chi connectivity index (χ1) is 14.8. The van der Waals surface area contributed by atoms with E-state index in [1.165, 1.54) is 16.7 Å². The number of imidazole rings is 1. The number of carbonyl (C=O) groups excluding carboxylic acids is 2. The van der Waals surface area contributed by atoms with Crippen LogP contribution in [0.25, 0.3) is 11.0 Å². The van der Waals surface area contributed by atoms with Crippen molar-refractivity contribution >= 4 is 46.7 Å². The number of fused-ring (bicyclic) bond motifs is 3. The molecule has 0 bridgehead atoms. The van der Waals surface area contributed by atoms with Gasteiger partial charge in [-0.05, 0) is 42.9 Å². The fraction of sp³-hybridized carbons (Fsp3) is 0.524. The van der Waals surface area contributed by atoms with E-state index in [0.717, 1.165) is 11.0 Å². The predicted octanol–water partition coefficient (Wildman–Crippen LogP) is 2.30. The second-order valence-electron chi connectivity index (χ2n) is 8.02. The standard InChI is InChI=1S/C21H29N5O4S/c1-13(2)12-16(18(27)22-15(19(28)29)8-11-31-3)24-21(30)26-10-9-25-17-7-5-4-6-14(17)23-20(25)26/h4-7,13,15-16H,8-12H2,1-3H3,(H,22,27)(H,24,30)(H,28,29). The molecule has 3 rings (SSSR count). The molecule has 1 aromatic carbocycles. The van der Waals surface area contributed by atoms with Crippen molar-refractivity contribution in [2.75, 3.05) is 23.5 Å². The molecule has 2 atom stereocenters. The maximum atomic E-state index is 13.0. The van der Waals surface area contributed by atoms with Crippen molar-refractivity contribution < 1.29 is 19.5 Å². The first-order valence-electron chi connectivity index (χ1n) is 10.4. The molecule has 0 fully saturated rings. The number of rotatable bonds is 9. The third kappa shape index (κ3) is 5.30. The maximum absolute atomic E-state index is 13.0. The molecule has 31 heavy (non-hydrogen) atoms. The molecule has 3 N–H and O–H groups in total. The largest absolute Gasteiger partial charge is 0.480 e. The zero-order valence-corrected chi connectivity index (χ0v) is 18.8. The molecule has 10 heteroatoms. The molecule has 1 aliphatic heterocycles. The van der Waals surface area contributed by atoms with Crippen LogP contribution < -0.4 is 15.5 Å². The number of carbonyl (C=O) groups is 3. The highest BCUT2D eigenvalue weighted by Crippen LogP contribution is 2.27. The van der Waals surface area contributed by atoms with Crippen LogP contribution in [-0.2, 0) is 16.1 Å². The zero-order chi connectivity index (χ0) is 22.5. The van der Waals surface area contributed by atoms with E-state index in [1.54, 1.807) is 0 Å². The second-order valence-corrected chi connectivity index (χ2v) is 9.00. The average molecular weight is 448 g/mol. The Balaban J connectivity index is 1.73. The number of aliphatic carboxylic acids is 1. The van der Waals surface area contributed by atoms with Crippen LogP contribution in [0.5, 0.6) is 0 Å². The second kappa shape index (κ2) is 10.0. The minimum atomic E-state index is -1.08. The normalized spacial score (nSPS) is 15.0. The van der Waals surface area contributed by atoms with Crippen molar-refractivity contribution in [2.45, 2.75) is 45.3 Å². The summed E-state index contributed by atoms with van der Waals surface area (Å²) in [5.74, 6) is -0.268. The summed E-state index contributed by atoms with van der Waals surface area (Å²) in [7, 11) is 0. The van der Waals surface area contributed by atoms with Gasteiger partial charge in [-0.15, -0.1) is 0 Å². The van der Waals surface area contributed by atoms with Gasteiger partial charge in [-0.1, -0.05) is 26.0 Å². The molecule has 3 amide bonds. The number of thioether (sulfide) groups is 1. The Hall–Kier alpha value is -2.75. The third-order valence-corrected chi connectivity index (χ3v) is 5.86. The van der Waals surface area contributed by atoms with E-state index in [-0.39, 0.29) is 5.92 Å². The topological polar surface area (TPSA) is 117 Å². The Bertz CT molecular complexity index is 960. The average Bonchev–Trinajstić information content (AvgIpc) is 3.29. The smallest absolute Gasteiger partial charge is 0.326 e. The molecule has 0 saturated carbocycles. The van der Waals surface area contributed by atoms with E-state index >= 15 is 0 Å². The van der Waals surface area contributed by atoms with Crippen LogP contribution in [0.4, 0.5) is 10.7 Å². The number of anilines is 1. The van der Waals surface area contributed by atoms with Gasteiger partial charge in [0.15, 0.2) is 0 Å². The van der Waals surface area contributed by atoms with Gasteiger partial charge >= 0.3 is 12.0 Å².